The van der Waals surface area contributed by atoms with Crippen molar-refractivity contribution in [2.75, 3.05) is 38.6 Å². The van der Waals surface area contributed by atoms with Crippen LogP contribution in [0, 0.1) is 11.8 Å². The van der Waals surface area contributed by atoms with E-state index >= 15 is 0 Å². The Morgan fingerprint density at radius 2 is 1.49 bits per heavy atom. The van der Waals surface area contributed by atoms with Gasteiger partial charge in [0.1, 0.15) is 5.60 Å². The highest BCUT2D eigenvalue weighted by Crippen LogP contribution is 2.31. The van der Waals surface area contributed by atoms with Gasteiger partial charge in [-0.25, -0.2) is 4.79 Å². The predicted octanol–water partition coefficient (Wildman–Crippen LogP) is 7.13. The van der Waals surface area contributed by atoms with E-state index in [1.807, 2.05) is 37.8 Å². The molecule has 0 saturated carbocycles. The van der Waals surface area contributed by atoms with E-state index in [1.54, 1.807) is 0 Å². The molecule has 1 amide bonds. The van der Waals surface area contributed by atoms with E-state index in [9.17, 15) is 4.79 Å². The third-order valence-electron chi connectivity index (χ3n) is 7.08. The van der Waals surface area contributed by atoms with Crippen LogP contribution in [-0.4, -0.2) is 55.2 Å². The van der Waals surface area contributed by atoms with Crippen LogP contribution in [0.15, 0.2) is 78.9 Å². The summed E-state index contributed by atoms with van der Waals surface area (Å²) >= 11 is 6.25. The van der Waals surface area contributed by atoms with Crippen LogP contribution in [0.25, 0.3) is 0 Å². The first-order valence-corrected chi connectivity index (χ1v) is 14.2. The number of ether oxygens (including phenoxy) is 1. The van der Waals surface area contributed by atoms with Gasteiger partial charge in [0.2, 0.25) is 0 Å². The van der Waals surface area contributed by atoms with Crippen molar-refractivity contribution < 1.29 is 9.53 Å². The summed E-state index contributed by atoms with van der Waals surface area (Å²) in [7, 11) is 4.19. The first-order valence-electron chi connectivity index (χ1n) is 13.8. The van der Waals surface area contributed by atoms with Crippen LogP contribution in [0.3, 0.4) is 0 Å². The van der Waals surface area contributed by atoms with Crippen molar-refractivity contribution in [2.24, 2.45) is 11.8 Å². The van der Waals surface area contributed by atoms with E-state index < -0.39 is 5.60 Å². The molecule has 1 aliphatic heterocycles. The van der Waals surface area contributed by atoms with Gasteiger partial charge in [0.15, 0.2) is 0 Å². The Kier molecular flexibility index (Phi) is 9.58. The number of benzene rings is 3. The first kappa shape index (κ1) is 29.0. The van der Waals surface area contributed by atoms with Crippen molar-refractivity contribution in [3.63, 3.8) is 0 Å². The Balaban J connectivity index is 1.59. The van der Waals surface area contributed by atoms with Gasteiger partial charge in [-0.1, -0.05) is 66.2 Å². The fourth-order valence-electron chi connectivity index (χ4n) is 5.38. The normalized spacial score (nSPS) is 17.5. The molecule has 1 heterocycles. The molecule has 1 fully saturated rings. The zero-order valence-electron chi connectivity index (χ0n) is 23.9. The van der Waals surface area contributed by atoms with Crippen LogP contribution in [0.5, 0.6) is 0 Å². The lowest BCUT2D eigenvalue weighted by atomic mass is 9.89. The second kappa shape index (κ2) is 12.9. The van der Waals surface area contributed by atoms with Crippen LogP contribution in [0.1, 0.15) is 37.5 Å². The van der Waals surface area contributed by atoms with Gasteiger partial charge < -0.3 is 19.4 Å². The molecule has 3 aromatic carbocycles. The number of anilines is 1. The Hall–Kier alpha value is -3.02. The number of amides is 1. The van der Waals surface area contributed by atoms with Gasteiger partial charge in [0.25, 0.3) is 0 Å². The Morgan fingerprint density at radius 3 is 2.13 bits per heavy atom. The molecule has 0 aromatic heterocycles. The Labute approximate surface area is 239 Å². The molecule has 1 aliphatic rings. The highest BCUT2D eigenvalue weighted by atomic mass is 35.5. The largest absolute Gasteiger partial charge is 0.444 e. The fourth-order valence-corrected chi connectivity index (χ4v) is 5.50. The molecular weight excluding hydrogens is 506 g/mol. The highest BCUT2D eigenvalue weighted by molar-refractivity contribution is 6.30. The average molecular weight is 548 g/mol. The number of likely N-dealkylation sites (tertiary alicyclic amines) is 1. The second-order valence-electron chi connectivity index (χ2n) is 12.0. The fraction of sp³-hybridized carbons (Fsp3) is 0.424. The summed E-state index contributed by atoms with van der Waals surface area (Å²) in [6, 6.07) is 27.5. The maximum absolute atomic E-state index is 13.1. The topological polar surface area (TPSA) is 36.0 Å². The van der Waals surface area contributed by atoms with E-state index in [0.29, 0.717) is 24.9 Å². The van der Waals surface area contributed by atoms with Crippen LogP contribution in [0.2, 0.25) is 5.02 Å². The zero-order valence-corrected chi connectivity index (χ0v) is 24.7. The molecule has 0 aliphatic carbocycles. The summed E-state index contributed by atoms with van der Waals surface area (Å²) < 4.78 is 5.77. The van der Waals surface area contributed by atoms with Crippen molar-refractivity contribution in [3.05, 3.63) is 101 Å². The number of halogens is 1. The third-order valence-corrected chi connectivity index (χ3v) is 7.33. The molecule has 3 aromatic rings. The molecule has 0 radical (unpaired) electrons. The van der Waals surface area contributed by atoms with E-state index in [0.717, 1.165) is 36.8 Å². The maximum Gasteiger partial charge on any atom is 0.410 e. The number of hydrogen-bond donors (Lipinski definition) is 0. The molecule has 208 valence electrons. The molecule has 5 nitrogen and oxygen atoms in total. The molecule has 6 heteroatoms. The van der Waals surface area contributed by atoms with Gasteiger partial charge in [0.05, 0.1) is 0 Å². The number of rotatable bonds is 9. The minimum absolute atomic E-state index is 0.225. The van der Waals surface area contributed by atoms with Gasteiger partial charge in [0, 0.05) is 43.4 Å². The summed E-state index contributed by atoms with van der Waals surface area (Å²) in [5.74, 6) is 0.619. The van der Waals surface area contributed by atoms with Crippen molar-refractivity contribution in [1.29, 1.82) is 0 Å². The molecule has 2 atom stereocenters. The van der Waals surface area contributed by atoms with Gasteiger partial charge in [-0.15, -0.1) is 0 Å². The minimum atomic E-state index is -0.517. The van der Waals surface area contributed by atoms with E-state index in [4.69, 9.17) is 16.3 Å². The van der Waals surface area contributed by atoms with E-state index in [1.165, 1.54) is 16.7 Å². The number of carbonyl (C=O) groups excluding carboxylic acids is 1. The molecule has 0 N–H and O–H groups in total. The molecule has 0 bridgehead atoms. The highest BCUT2D eigenvalue weighted by Gasteiger charge is 2.38. The van der Waals surface area contributed by atoms with Crippen molar-refractivity contribution in [3.8, 4) is 0 Å². The van der Waals surface area contributed by atoms with Crippen LogP contribution in [0.4, 0.5) is 10.5 Å². The van der Waals surface area contributed by atoms with Gasteiger partial charge in [-0.3, -0.25) is 0 Å². The van der Waals surface area contributed by atoms with Crippen molar-refractivity contribution >= 4 is 23.4 Å². The molecule has 0 spiro atoms. The average Bonchev–Trinajstić information content (AvgIpc) is 3.26. The lowest BCUT2D eigenvalue weighted by Crippen LogP contribution is -2.36. The van der Waals surface area contributed by atoms with Gasteiger partial charge in [-0.05, 0) is 94.1 Å². The summed E-state index contributed by atoms with van der Waals surface area (Å²) in [5, 5.41) is 0.727. The lowest BCUT2D eigenvalue weighted by Gasteiger charge is -2.30. The monoisotopic (exact) mass is 547 g/mol. The minimum Gasteiger partial charge on any atom is -0.444 e. The number of nitrogens with zero attached hydrogens (tertiary/aromatic N) is 3. The quantitative estimate of drug-likeness (QED) is 0.285. The van der Waals surface area contributed by atoms with Crippen LogP contribution >= 0.6 is 11.6 Å². The summed E-state index contributed by atoms with van der Waals surface area (Å²) in [6.07, 6.45) is 0.704. The van der Waals surface area contributed by atoms with Gasteiger partial charge >= 0.3 is 6.09 Å². The van der Waals surface area contributed by atoms with E-state index in [2.05, 4.69) is 90.6 Å². The zero-order chi connectivity index (χ0) is 28.0. The number of hydrogen-bond acceptors (Lipinski definition) is 4. The van der Waals surface area contributed by atoms with Gasteiger partial charge in [-0.2, -0.15) is 0 Å². The lowest BCUT2D eigenvalue weighted by molar-refractivity contribution is 0.0284. The number of carbonyl (C=O) groups is 1. The van der Waals surface area contributed by atoms with Crippen LogP contribution < -0.4 is 4.90 Å². The smallest absolute Gasteiger partial charge is 0.410 e. The SMILES string of the molecule is CN(C)Cc1cccc(CN(C[C@H]2CN(C(=O)OC(C)(C)C)C[C@H]2Cc2ccccc2)c2ccc(Cl)cc2)c1. The Morgan fingerprint density at radius 1 is 0.872 bits per heavy atom. The molecular formula is C33H42ClN3O2. The Bertz CT molecular complexity index is 1210. The predicted molar refractivity (Wildman–Crippen MR) is 161 cm³/mol. The summed E-state index contributed by atoms with van der Waals surface area (Å²) in [4.78, 5) is 19.6. The van der Waals surface area contributed by atoms with E-state index in [-0.39, 0.29) is 6.09 Å². The second-order valence-corrected chi connectivity index (χ2v) is 12.4. The third kappa shape index (κ3) is 8.74. The molecule has 4 rings (SSSR count). The maximum atomic E-state index is 13.1. The summed E-state index contributed by atoms with van der Waals surface area (Å²) in [6.45, 7) is 9.66. The van der Waals surface area contributed by atoms with Crippen molar-refractivity contribution in [1.82, 2.24) is 9.80 Å². The first-order chi connectivity index (χ1) is 18.6. The van der Waals surface area contributed by atoms with Crippen LogP contribution in [-0.2, 0) is 24.2 Å². The molecule has 0 unspecified atom stereocenters. The van der Waals surface area contributed by atoms with Crippen molar-refractivity contribution in [2.45, 2.75) is 45.9 Å². The summed E-state index contributed by atoms with van der Waals surface area (Å²) in [5.41, 5.74) is 4.48. The standard InChI is InChI=1S/C33H42ClN3O2/c1-33(2,3)39-32(38)37-22-28(19-25-10-7-6-8-11-25)29(24-37)23-36(31-16-14-30(34)15-17-31)21-27-13-9-12-26(18-27)20-35(4)5/h6-18,28-29H,19-24H2,1-5H3/t28-,29+/m1/s1. The molecule has 39 heavy (non-hydrogen) atoms. The molecule has 1 saturated heterocycles.